The van der Waals surface area contributed by atoms with Crippen molar-refractivity contribution in [2.24, 2.45) is 5.41 Å². The van der Waals surface area contributed by atoms with Crippen LogP contribution in [0.25, 0.3) is 0 Å². The molecule has 244 valence electrons. The zero-order valence-corrected chi connectivity index (χ0v) is 23.8. The van der Waals surface area contributed by atoms with Gasteiger partial charge in [-0.1, -0.05) is 12.1 Å². The first kappa shape index (κ1) is 33.7. The number of rotatable bonds is 8. The molecule has 1 aromatic heterocycles. The zero-order valence-electron chi connectivity index (χ0n) is 23.0. The molecule has 4 rings (SSSR count). The van der Waals surface area contributed by atoms with E-state index in [1.807, 2.05) is 5.32 Å². The van der Waals surface area contributed by atoms with Crippen molar-refractivity contribution in [2.45, 2.75) is 48.2 Å². The summed E-state index contributed by atoms with van der Waals surface area (Å²) in [6.45, 7) is 0.102. The minimum Gasteiger partial charge on any atom is -0.465 e. The molecular formula is C26H30F6N4O7S. The number of hydrogen-bond acceptors (Lipinski definition) is 8. The van der Waals surface area contributed by atoms with Crippen LogP contribution in [-0.4, -0.2) is 97.0 Å². The van der Waals surface area contributed by atoms with Gasteiger partial charge in [-0.3, -0.25) is 5.32 Å². The number of sulfonamides is 1. The van der Waals surface area contributed by atoms with Crippen LogP contribution in [0.5, 0.6) is 0 Å². The van der Waals surface area contributed by atoms with Crippen molar-refractivity contribution >= 4 is 27.6 Å². The second kappa shape index (κ2) is 12.3. The molecule has 18 heteroatoms. The number of carboxylic acid groups (broad SMARTS) is 1. The van der Waals surface area contributed by atoms with Gasteiger partial charge in [0.2, 0.25) is 10.0 Å². The molecule has 11 nitrogen and oxygen atoms in total. The Morgan fingerprint density at radius 1 is 1.02 bits per heavy atom. The number of alkyl halides is 6. The summed E-state index contributed by atoms with van der Waals surface area (Å²) in [7, 11) is -4.17. The maximum absolute atomic E-state index is 13.5. The first-order valence-corrected chi connectivity index (χ1v) is 14.8. The fourth-order valence-electron chi connectivity index (χ4n) is 5.54. The first-order chi connectivity index (χ1) is 20.4. The molecule has 0 bridgehead atoms. The zero-order chi connectivity index (χ0) is 32.6. The minimum absolute atomic E-state index is 0.0177. The number of amides is 1. The third-order valence-corrected chi connectivity index (χ3v) is 9.90. The maximum atomic E-state index is 13.5. The highest BCUT2D eigenvalue weighted by atomic mass is 32.2. The molecule has 2 saturated heterocycles. The summed E-state index contributed by atoms with van der Waals surface area (Å²) in [4.78, 5) is 16.1. The molecule has 0 spiro atoms. The van der Waals surface area contributed by atoms with E-state index in [2.05, 4.69) is 4.98 Å². The largest absolute Gasteiger partial charge is 0.465 e. The standard InChI is InChI=1S/C26H30F6N4O7S/c27-25(28,29)24(40,26(30,31)32)17-1-3-18(4-2-17)36-10-9-35(15-19(36)13-23(16-37)7-11-43-12-8-23)44(41,42)20-5-6-21(33-14-20)34-22(38)39/h1-6,14,19,37,40H,7-13,15-16H2,(H,33,34)(H,38,39)/t19-/m0/s1. The molecule has 3 heterocycles. The predicted octanol–water partition coefficient (Wildman–Crippen LogP) is 3.54. The Balaban J connectivity index is 1.66. The molecule has 2 fully saturated rings. The highest BCUT2D eigenvalue weighted by Gasteiger charge is 2.71. The fraction of sp³-hybridized carbons (Fsp3) is 0.538. The molecule has 2 aromatic rings. The van der Waals surface area contributed by atoms with E-state index in [0.29, 0.717) is 38.2 Å². The lowest BCUT2D eigenvalue weighted by Gasteiger charge is -2.47. The van der Waals surface area contributed by atoms with E-state index in [1.165, 1.54) is 12.1 Å². The second-order valence-electron chi connectivity index (χ2n) is 10.7. The van der Waals surface area contributed by atoms with Gasteiger partial charge in [-0.25, -0.2) is 18.2 Å². The lowest BCUT2D eigenvalue weighted by atomic mass is 9.75. The number of aromatic nitrogens is 1. The van der Waals surface area contributed by atoms with Crippen LogP contribution < -0.4 is 10.2 Å². The van der Waals surface area contributed by atoms with Crippen molar-refractivity contribution in [3.63, 3.8) is 0 Å². The van der Waals surface area contributed by atoms with Crippen molar-refractivity contribution in [1.29, 1.82) is 0 Å². The number of pyridine rings is 1. The molecule has 0 radical (unpaired) electrons. The van der Waals surface area contributed by atoms with Crippen LogP contribution in [0.1, 0.15) is 24.8 Å². The van der Waals surface area contributed by atoms with Gasteiger partial charge in [0.05, 0.1) is 0 Å². The Kier molecular flexibility index (Phi) is 9.42. The maximum Gasteiger partial charge on any atom is 0.430 e. The van der Waals surface area contributed by atoms with Crippen molar-refractivity contribution in [3.05, 3.63) is 48.2 Å². The normalized spacial score (nSPS) is 20.4. The van der Waals surface area contributed by atoms with Gasteiger partial charge in [0.15, 0.2) is 0 Å². The average molecular weight is 657 g/mol. The highest BCUT2D eigenvalue weighted by Crippen LogP contribution is 2.50. The monoisotopic (exact) mass is 656 g/mol. The van der Waals surface area contributed by atoms with E-state index in [4.69, 9.17) is 9.84 Å². The fourth-order valence-corrected chi connectivity index (χ4v) is 6.95. The van der Waals surface area contributed by atoms with Crippen LogP contribution in [0.2, 0.25) is 0 Å². The Bertz CT molecular complexity index is 1400. The van der Waals surface area contributed by atoms with Gasteiger partial charge in [0.25, 0.3) is 5.60 Å². The summed E-state index contributed by atoms with van der Waals surface area (Å²) in [6, 6.07) is 4.73. The van der Waals surface area contributed by atoms with E-state index >= 15 is 0 Å². The van der Waals surface area contributed by atoms with Crippen molar-refractivity contribution in [2.75, 3.05) is 49.7 Å². The van der Waals surface area contributed by atoms with Gasteiger partial charge in [0, 0.05) is 62.9 Å². The van der Waals surface area contributed by atoms with Crippen molar-refractivity contribution in [1.82, 2.24) is 9.29 Å². The van der Waals surface area contributed by atoms with Crippen molar-refractivity contribution < 1.29 is 59.6 Å². The van der Waals surface area contributed by atoms with Crippen LogP contribution in [-0.2, 0) is 20.4 Å². The van der Waals surface area contributed by atoms with Crippen LogP contribution in [0.3, 0.4) is 0 Å². The van der Waals surface area contributed by atoms with Crippen molar-refractivity contribution in [3.8, 4) is 0 Å². The third-order valence-electron chi connectivity index (χ3n) is 8.05. The molecule has 1 amide bonds. The molecule has 0 aliphatic carbocycles. The van der Waals surface area contributed by atoms with Gasteiger partial charge in [0.1, 0.15) is 10.7 Å². The quantitative estimate of drug-likeness (QED) is 0.313. The minimum atomic E-state index is -6.05. The van der Waals surface area contributed by atoms with E-state index in [-0.39, 0.29) is 49.1 Å². The summed E-state index contributed by atoms with van der Waals surface area (Å²) in [6.07, 6.45) is -11.4. The number of benzene rings is 1. The lowest BCUT2D eigenvalue weighted by Crippen LogP contribution is -2.57. The highest BCUT2D eigenvalue weighted by molar-refractivity contribution is 7.89. The number of nitrogens with one attached hydrogen (secondary N) is 1. The summed E-state index contributed by atoms with van der Waals surface area (Å²) in [5.74, 6) is -0.102. The van der Waals surface area contributed by atoms with Gasteiger partial charge in [-0.2, -0.15) is 30.6 Å². The molecule has 4 N–H and O–H groups in total. The molecule has 2 aliphatic heterocycles. The Labute approximate surface area is 248 Å². The smallest absolute Gasteiger partial charge is 0.430 e. The molecule has 0 unspecified atom stereocenters. The Hall–Kier alpha value is -3.19. The number of piperazine rings is 1. The molecule has 0 saturated carbocycles. The van der Waals surface area contributed by atoms with Gasteiger partial charge in [-0.15, -0.1) is 0 Å². The number of anilines is 2. The van der Waals surface area contributed by atoms with E-state index < -0.39 is 51.1 Å². The molecule has 44 heavy (non-hydrogen) atoms. The molecule has 1 aromatic carbocycles. The number of ether oxygens (including phenoxy) is 1. The van der Waals surface area contributed by atoms with Gasteiger partial charge >= 0.3 is 18.4 Å². The first-order valence-electron chi connectivity index (χ1n) is 13.3. The summed E-state index contributed by atoms with van der Waals surface area (Å²) in [5.41, 5.74) is -7.03. The Morgan fingerprint density at radius 3 is 2.14 bits per heavy atom. The second-order valence-corrected chi connectivity index (χ2v) is 12.7. The number of hydrogen-bond donors (Lipinski definition) is 4. The van der Waals surface area contributed by atoms with Gasteiger partial charge in [-0.05, 0) is 48.9 Å². The average Bonchev–Trinajstić information content (AvgIpc) is 2.96. The number of halogens is 6. The number of aliphatic hydroxyl groups is 2. The van der Waals surface area contributed by atoms with Crippen LogP contribution >= 0.6 is 0 Å². The van der Waals surface area contributed by atoms with Crippen LogP contribution in [0, 0.1) is 5.41 Å². The molecule has 1 atom stereocenters. The van der Waals surface area contributed by atoms with Crippen LogP contribution in [0.4, 0.5) is 42.6 Å². The SMILES string of the molecule is O=C(O)Nc1ccc(S(=O)(=O)N2CCN(c3ccc(C(O)(C(F)(F)F)C(F)(F)F)cc3)[C@@H](CC3(CO)CCOCC3)C2)cn1. The van der Waals surface area contributed by atoms with Crippen LogP contribution in [0.15, 0.2) is 47.5 Å². The summed E-state index contributed by atoms with van der Waals surface area (Å²) in [5, 5.41) is 30.9. The topological polar surface area (TPSA) is 153 Å². The summed E-state index contributed by atoms with van der Waals surface area (Å²) < 4.78 is 114. The lowest BCUT2D eigenvalue weighted by molar-refractivity contribution is -0.376. The number of nitrogens with zero attached hydrogens (tertiary/aromatic N) is 3. The molecule has 2 aliphatic rings. The molecular weight excluding hydrogens is 626 g/mol. The summed E-state index contributed by atoms with van der Waals surface area (Å²) >= 11 is 0. The third kappa shape index (κ3) is 6.58. The number of carbonyl (C=O) groups is 1. The van der Waals surface area contributed by atoms with E-state index in [1.54, 1.807) is 4.90 Å². The predicted molar refractivity (Wildman–Crippen MR) is 142 cm³/mol. The van der Waals surface area contributed by atoms with Gasteiger partial charge < -0.3 is 25.0 Å². The van der Waals surface area contributed by atoms with E-state index in [9.17, 15) is 49.8 Å². The number of aliphatic hydroxyl groups excluding tert-OH is 1. The van der Waals surface area contributed by atoms with E-state index in [0.717, 1.165) is 22.6 Å². The Morgan fingerprint density at radius 2 is 1.64 bits per heavy atom.